The van der Waals surface area contributed by atoms with Crippen molar-refractivity contribution in [3.8, 4) is 0 Å². The second kappa shape index (κ2) is 11.0. The van der Waals surface area contributed by atoms with Crippen molar-refractivity contribution in [2.24, 2.45) is 28.9 Å². The minimum Gasteiger partial charge on any atom is -0.338 e. The molecule has 4 fully saturated rings. The number of carbonyl (C=O) groups is 1. The lowest BCUT2D eigenvalue weighted by molar-refractivity contribution is -0.0596. The van der Waals surface area contributed by atoms with Crippen LogP contribution in [0.5, 0.6) is 0 Å². The second-order valence-corrected chi connectivity index (χ2v) is 11.1. The third-order valence-electron chi connectivity index (χ3n) is 8.40. The zero-order valence-electron chi connectivity index (χ0n) is 20.2. The zero-order chi connectivity index (χ0) is 22.4. The van der Waals surface area contributed by atoms with E-state index in [-0.39, 0.29) is 6.03 Å². The second-order valence-electron chi connectivity index (χ2n) is 11.1. The van der Waals surface area contributed by atoms with Crippen molar-refractivity contribution < 1.29 is 4.79 Å². The molecule has 0 radical (unpaired) electrons. The van der Waals surface area contributed by atoms with Gasteiger partial charge in [-0.15, -0.1) is 0 Å². The predicted molar refractivity (Wildman–Crippen MR) is 130 cm³/mol. The van der Waals surface area contributed by atoms with E-state index in [0.29, 0.717) is 18.5 Å². The summed E-state index contributed by atoms with van der Waals surface area (Å²) in [6.45, 7) is 5.30. The van der Waals surface area contributed by atoms with Crippen LogP contribution in [0.3, 0.4) is 0 Å². The predicted octanol–water partition coefficient (Wildman–Crippen LogP) is 5.28. The Hall–Kier alpha value is -1.62. The van der Waals surface area contributed by atoms with E-state index in [1.165, 1.54) is 57.8 Å². The fourth-order valence-electron chi connectivity index (χ4n) is 7.20. The SMILES string of the molecule is CCCCCN(CCC12CC3CC(CC(C3)C1)C2)C(=O)NCCCc1cc(CN)ccn1. The molecule has 4 aliphatic carbocycles. The number of amides is 2. The molecule has 4 saturated carbocycles. The zero-order valence-corrected chi connectivity index (χ0v) is 20.2. The van der Waals surface area contributed by atoms with Gasteiger partial charge in [0.25, 0.3) is 0 Å². The van der Waals surface area contributed by atoms with Gasteiger partial charge < -0.3 is 16.0 Å². The van der Waals surface area contributed by atoms with Crippen LogP contribution in [-0.2, 0) is 13.0 Å². The van der Waals surface area contributed by atoms with Gasteiger partial charge in [-0.3, -0.25) is 4.98 Å². The number of hydrogen-bond acceptors (Lipinski definition) is 3. The number of pyridine rings is 1. The Kier molecular flexibility index (Phi) is 8.09. The number of unbranched alkanes of at least 4 members (excludes halogenated alkanes) is 2. The van der Waals surface area contributed by atoms with Gasteiger partial charge in [0.1, 0.15) is 0 Å². The molecule has 0 spiro atoms. The number of nitrogens with zero attached hydrogens (tertiary/aromatic N) is 2. The number of nitrogens with two attached hydrogens (primary N) is 1. The number of nitrogens with one attached hydrogen (secondary N) is 1. The maximum Gasteiger partial charge on any atom is 0.317 e. The number of aryl methyl sites for hydroxylation is 1. The fourth-order valence-corrected chi connectivity index (χ4v) is 7.20. The van der Waals surface area contributed by atoms with Crippen molar-refractivity contribution in [3.05, 3.63) is 29.6 Å². The van der Waals surface area contributed by atoms with Gasteiger partial charge >= 0.3 is 6.03 Å². The Morgan fingerprint density at radius 1 is 1.12 bits per heavy atom. The third-order valence-corrected chi connectivity index (χ3v) is 8.40. The lowest BCUT2D eigenvalue weighted by Gasteiger charge is -2.57. The van der Waals surface area contributed by atoms with Gasteiger partial charge in [0.05, 0.1) is 0 Å². The van der Waals surface area contributed by atoms with Crippen LogP contribution in [0.4, 0.5) is 4.79 Å². The van der Waals surface area contributed by atoms with Gasteiger partial charge in [0.15, 0.2) is 0 Å². The molecule has 5 heteroatoms. The largest absolute Gasteiger partial charge is 0.338 e. The van der Waals surface area contributed by atoms with Crippen LogP contribution >= 0.6 is 0 Å². The van der Waals surface area contributed by atoms with Crippen LogP contribution in [0.15, 0.2) is 18.3 Å². The van der Waals surface area contributed by atoms with E-state index < -0.39 is 0 Å². The summed E-state index contributed by atoms with van der Waals surface area (Å²) in [5.41, 5.74) is 8.44. The molecule has 4 bridgehead atoms. The molecular formula is C27H44N4O. The molecule has 178 valence electrons. The fraction of sp³-hybridized carbons (Fsp3) is 0.778. The Bertz CT molecular complexity index is 714. The summed E-state index contributed by atoms with van der Waals surface area (Å²) in [5.74, 6) is 2.94. The van der Waals surface area contributed by atoms with Gasteiger partial charge in [-0.2, -0.15) is 0 Å². The van der Waals surface area contributed by atoms with Crippen LogP contribution in [0, 0.1) is 23.2 Å². The summed E-state index contributed by atoms with van der Waals surface area (Å²) >= 11 is 0. The minimum absolute atomic E-state index is 0.134. The van der Waals surface area contributed by atoms with Crippen LogP contribution in [0.25, 0.3) is 0 Å². The van der Waals surface area contributed by atoms with Crippen LogP contribution in [0.2, 0.25) is 0 Å². The van der Waals surface area contributed by atoms with E-state index >= 15 is 0 Å². The molecule has 1 heterocycles. The first kappa shape index (κ1) is 23.5. The van der Waals surface area contributed by atoms with Crippen molar-refractivity contribution in [1.29, 1.82) is 0 Å². The Balaban J connectivity index is 1.25. The summed E-state index contributed by atoms with van der Waals surface area (Å²) in [4.78, 5) is 19.6. The number of hydrogen-bond donors (Lipinski definition) is 2. The quantitative estimate of drug-likeness (QED) is 0.434. The van der Waals surface area contributed by atoms with E-state index in [1.807, 2.05) is 12.3 Å². The van der Waals surface area contributed by atoms with Crippen molar-refractivity contribution in [2.45, 2.75) is 90.5 Å². The average molecular weight is 441 g/mol. The van der Waals surface area contributed by atoms with E-state index in [2.05, 4.69) is 28.2 Å². The first-order valence-corrected chi connectivity index (χ1v) is 13.3. The van der Waals surface area contributed by atoms with Crippen molar-refractivity contribution in [3.63, 3.8) is 0 Å². The molecule has 0 unspecified atom stereocenters. The summed E-state index contributed by atoms with van der Waals surface area (Å²) in [7, 11) is 0. The number of rotatable bonds is 12. The van der Waals surface area contributed by atoms with Gasteiger partial charge in [0.2, 0.25) is 0 Å². The Morgan fingerprint density at radius 3 is 2.50 bits per heavy atom. The van der Waals surface area contributed by atoms with E-state index in [1.54, 1.807) is 0 Å². The van der Waals surface area contributed by atoms with Gasteiger partial charge in [-0.25, -0.2) is 4.79 Å². The minimum atomic E-state index is 0.134. The topological polar surface area (TPSA) is 71.2 Å². The van der Waals surface area contributed by atoms with Gasteiger partial charge in [-0.05, 0) is 105 Å². The van der Waals surface area contributed by atoms with Crippen LogP contribution < -0.4 is 11.1 Å². The Labute approximate surface area is 194 Å². The molecular weight excluding hydrogens is 396 g/mol. The van der Waals surface area contributed by atoms with E-state index in [0.717, 1.165) is 61.4 Å². The maximum absolute atomic E-state index is 13.0. The lowest BCUT2D eigenvalue weighted by Crippen LogP contribution is -2.48. The molecule has 1 aromatic rings. The van der Waals surface area contributed by atoms with E-state index in [4.69, 9.17) is 5.73 Å². The summed E-state index contributed by atoms with van der Waals surface area (Å²) < 4.78 is 0. The molecule has 32 heavy (non-hydrogen) atoms. The molecule has 0 aromatic carbocycles. The highest BCUT2D eigenvalue weighted by Crippen LogP contribution is 2.61. The molecule has 0 saturated heterocycles. The van der Waals surface area contributed by atoms with Crippen molar-refractivity contribution >= 4 is 6.03 Å². The van der Waals surface area contributed by atoms with Gasteiger partial charge in [-0.1, -0.05) is 19.8 Å². The van der Waals surface area contributed by atoms with Crippen molar-refractivity contribution in [2.75, 3.05) is 19.6 Å². The third kappa shape index (κ3) is 6.03. The number of carbonyl (C=O) groups excluding carboxylic acids is 1. The smallest absolute Gasteiger partial charge is 0.317 e. The highest BCUT2D eigenvalue weighted by atomic mass is 16.2. The molecule has 4 aliphatic rings. The molecule has 1 aromatic heterocycles. The summed E-state index contributed by atoms with van der Waals surface area (Å²) in [6, 6.07) is 4.17. The lowest BCUT2D eigenvalue weighted by atomic mass is 9.49. The molecule has 5 nitrogen and oxygen atoms in total. The molecule has 2 amide bonds. The number of urea groups is 1. The monoisotopic (exact) mass is 440 g/mol. The van der Waals surface area contributed by atoms with E-state index in [9.17, 15) is 4.79 Å². The highest BCUT2D eigenvalue weighted by Gasteiger charge is 2.50. The summed E-state index contributed by atoms with van der Waals surface area (Å²) in [5, 5.41) is 3.20. The maximum atomic E-state index is 13.0. The standard InChI is InChI=1S/C27H44N4O/c1-2-3-4-11-31(12-8-27-17-22-13-23(18-27)15-24(14-22)19-27)26(32)30-9-5-6-25-16-21(20-28)7-10-29-25/h7,10,16,22-24H,2-6,8-9,11-15,17-20,28H2,1H3,(H,30,32). The van der Waals surface area contributed by atoms with Crippen LogP contribution in [-0.4, -0.2) is 35.5 Å². The van der Waals surface area contributed by atoms with Crippen LogP contribution in [0.1, 0.15) is 88.8 Å². The van der Waals surface area contributed by atoms with Crippen molar-refractivity contribution in [1.82, 2.24) is 15.2 Å². The first-order valence-electron chi connectivity index (χ1n) is 13.3. The normalized spacial score (nSPS) is 28.1. The molecule has 3 N–H and O–H groups in total. The molecule has 5 rings (SSSR count). The van der Waals surface area contributed by atoms with Gasteiger partial charge in [0, 0.05) is 38.1 Å². The Morgan fingerprint density at radius 2 is 1.84 bits per heavy atom. The number of aromatic nitrogens is 1. The molecule has 0 aliphatic heterocycles. The highest BCUT2D eigenvalue weighted by molar-refractivity contribution is 5.74. The average Bonchev–Trinajstić information content (AvgIpc) is 2.78. The molecule has 0 atom stereocenters. The summed E-state index contributed by atoms with van der Waals surface area (Å²) in [6.07, 6.45) is 17.1. The first-order chi connectivity index (χ1) is 15.6.